The van der Waals surface area contributed by atoms with Crippen molar-refractivity contribution in [3.05, 3.63) is 82.4 Å². The van der Waals surface area contributed by atoms with Crippen LogP contribution in [-0.2, 0) is 13.1 Å². The summed E-state index contributed by atoms with van der Waals surface area (Å²) in [5.41, 5.74) is 0.423. The summed E-state index contributed by atoms with van der Waals surface area (Å²) in [6.07, 6.45) is 1.34. The van der Waals surface area contributed by atoms with Crippen LogP contribution in [-0.4, -0.2) is 20.9 Å². The number of halogens is 3. The average molecular weight is 360 g/mol. The summed E-state index contributed by atoms with van der Waals surface area (Å²) in [5.74, 6) is -2.46. The molecule has 1 heterocycles. The van der Waals surface area contributed by atoms with E-state index in [1.54, 1.807) is 18.2 Å². The van der Waals surface area contributed by atoms with E-state index in [2.05, 4.69) is 15.6 Å². The van der Waals surface area contributed by atoms with Crippen LogP contribution in [0, 0.1) is 24.4 Å². The number of rotatable bonds is 5. The Bertz CT molecular complexity index is 955. The molecule has 0 aliphatic heterocycles. The van der Waals surface area contributed by atoms with Crippen LogP contribution in [0.25, 0.3) is 0 Å². The Labute approximate surface area is 147 Å². The van der Waals surface area contributed by atoms with Crippen molar-refractivity contribution in [3.8, 4) is 0 Å². The Morgan fingerprint density at radius 1 is 1.12 bits per heavy atom. The number of hydrogen-bond donors (Lipinski definition) is 1. The molecule has 8 heteroatoms. The van der Waals surface area contributed by atoms with Gasteiger partial charge in [0.2, 0.25) is 0 Å². The average Bonchev–Trinajstić information content (AvgIpc) is 3.09. The lowest BCUT2D eigenvalue weighted by atomic mass is 10.1. The molecule has 1 N–H and O–H groups in total. The third kappa shape index (κ3) is 3.74. The summed E-state index contributed by atoms with van der Waals surface area (Å²) in [6.45, 7) is 1.29. The third-order valence-electron chi connectivity index (χ3n) is 3.87. The van der Waals surface area contributed by atoms with E-state index >= 15 is 0 Å². The first-order chi connectivity index (χ1) is 12.5. The van der Waals surface area contributed by atoms with E-state index in [4.69, 9.17) is 0 Å². The van der Waals surface area contributed by atoms with E-state index in [-0.39, 0.29) is 35.7 Å². The van der Waals surface area contributed by atoms with Crippen molar-refractivity contribution in [2.45, 2.75) is 20.0 Å². The number of hydrogen-bond acceptors (Lipinski definition) is 3. The standard InChI is InChI=1S/C18H15F3N4O/c1-11-6-7-15(20)13(17(11)21)8-22-18(26)16-10-25(24-23-16)9-12-4-2-3-5-14(12)19/h2-7,10H,8-9H2,1H3,(H,22,26). The maximum Gasteiger partial charge on any atom is 0.273 e. The summed E-state index contributed by atoms with van der Waals surface area (Å²) in [5, 5.41) is 9.88. The molecule has 0 atom stereocenters. The Hall–Kier alpha value is -3.16. The van der Waals surface area contributed by atoms with Gasteiger partial charge in [-0.15, -0.1) is 5.10 Å². The van der Waals surface area contributed by atoms with Gasteiger partial charge in [0.1, 0.15) is 17.5 Å². The minimum Gasteiger partial charge on any atom is -0.346 e. The lowest BCUT2D eigenvalue weighted by Crippen LogP contribution is -2.24. The van der Waals surface area contributed by atoms with Crippen molar-refractivity contribution in [2.75, 3.05) is 0 Å². The van der Waals surface area contributed by atoms with Gasteiger partial charge in [0.15, 0.2) is 5.69 Å². The highest BCUT2D eigenvalue weighted by molar-refractivity contribution is 5.91. The van der Waals surface area contributed by atoms with Gasteiger partial charge in [0.05, 0.1) is 12.7 Å². The third-order valence-corrected chi connectivity index (χ3v) is 3.87. The number of aryl methyl sites for hydroxylation is 1. The Balaban J connectivity index is 1.67. The fourth-order valence-electron chi connectivity index (χ4n) is 2.42. The maximum absolute atomic E-state index is 13.9. The smallest absolute Gasteiger partial charge is 0.273 e. The highest BCUT2D eigenvalue weighted by Gasteiger charge is 2.15. The second kappa shape index (κ2) is 7.38. The first kappa shape index (κ1) is 17.7. The van der Waals surface area contributed by atoms with Crippen LogP contribution in [0.5, 0.6) is 0 Å². The number of nitrogens with zero attached hydrogens (tertiary/aromatic N) is 3. The zero-order valence-corrected chi connectivity index (χ0v) is 13.8. The largest absolute Gasteiger partial charge is 0.346 e. The van der Waals surface area contributed by atoms with Gasteiger partial charge in [-0.2, -0.15) is 0 Å². The lowest BCUT2D eigenvalue weighted by Gasteiger charge is -2.08. The van der Waals surface area contributed by atoms with Crippen molar-refractivity contribution in [3.63, 3.8) is 0 Å². The minimum absolute atomic E-state index is 0.0326. The molecule has 134 valence electrons. The van der Waals surface area contributed by atoms with Crippen LogP contribution in [0.2, 0.25) is 0 Å². The van der Waals surface area contributed by atoms with Gasteiger partial charge in [-0.05, 0) is 24.6 Å². The number of carbonyl (C=O) groups is 1. The predicted octanol–water partition coefficient (Wildman–Crippen LogP) is 2.98. The summed E-state index contributed by atoms with van der Waals surface area (Å²) in [7, 11) is 0. The normalized spacial score (nSPS) is 10.8. The topological polar surface area (TPSA) is 59.8 Å². The molecule has 0 unspecified atom stereocenters. The highest BCUT2D eigenvalue weighted by Crippen LogP contribution is 2.16. The molecule has 1 aromatic heterocycles. The Morgan fingerprint density at radius 3 is 2.65 bits per heavy atom. The van der Waals surface area contributed by atoms with Crippen molar-refractivity contribution in [1.82, 2.24) is 20.3 Å². The zero-order chi connectivity index (χ0) is 18.7. The van der Waals surface area contributed by atoms with Crippen molar-refractivity contribution in [1.29, 1.82) is 0 Å². The Kier molecular flexibility index (Phi) is 5.01. The van der Waals surface area contributed by atoms with Gasteiger partial charge in [0, 0.05) is 17.7 Å². The number of aromatic nitrogens is 3. The van der Waals surface area contributed by atoms with Crippen LogP contribution in [0.1, 0.15) is 27.2 Å². The molecule has 1 amide bonds. The summed E-state index contributed by atoms with van der Waals surface area (Å²) >= 11 is 0. The summed E-state index contributed by atoms with van der Waals surface area (Å²) in [6, 6.07) is 8.65. The number of carbonyl (C=O) groups excluding carboxylic acids is 1. The molecule has 0 bridgehead atoms. The van der Waals surface area contributed by atoms with Gasteiger partial charge in [0.25, 0.3) is 5.91 Å². The second-order valence-electron chi connectivity index (χ2n) is 5.73. The zero-order valence-electron chi connectivity index (χ0n) is 13.8. The van der Waals surface area contributed by atoms with Gasteiger partial charge in [-0.1, -0.05) is 29.5 Å². The second-order valence-corrected chi connectivity index (χ2v) is 5.73. The monoisotopic (exact) mass is 360 g/mol. The molecule has 0 saturated heterocycles. The molecule has 3 rings (SSSR count). The molecule has 0 radical (unpaired) electrons. The molecule has 0 spiro atoms. The van der Waals surface area contributed by atoms with Gasteiger partial charge >= 0.3 is 0 Å². The molecular formula is C18H15F3N4O. The van der Waals surface area contributed by atoms with Crippen LogP contribution < -0.4 is 5.32 Å². The van der Waals surface area contributed by atoms with Gasteiger partial charge in [-0.3, -0.25) is 4.79 Å². The molecule has 0 saturated carbocycles. The van der Waals surface area contributed by atoms with E-state index in [0.29, 0.717) is 5.56 Å². The fraction of sp³-hybridized carbons (Fsp3) is 0.167. The molecule has 2 aromatic carbocycles. The van der Waals surface area contributed by atoms with E-state index in [0.717, 1.165) is 6.07 Å². The molecular weight excluding hydrogens is 345 g/mol. The molecule has 0 aliphatic rings. The SMILES string of the molecule is Cc1ccc(F)c(CNC(=O)c2cn(Cc3ccccc3F)nn2)c1F. The minimum atomic E-state index is -0.739. The van der Waals surface area contributed by atoms with Crippen molar-refractivity contribution >= 4 is 5.91 Å². The predicted molar refractivity (Wildman–Crippen MR) is 87.8 cm³/mol. The van der Waals surface area contributed by atoms with E-state index < -0.39 is 17.5 Å². The molecule has 5 nitrogen and oxygen atoms in total. The number of nitrogens with one attached hydrogen (secondary N) is 1. The summed E-state index contributed by atoms with van der Waals surface area (Å²) in [4.78, 5) is 12.1. The van der Waals surface area contributed by atoms with E-state index in [9.17, 15) is 18.0 Å². The van der Waals surface area contributed by atoms with E-state index in [1.165, 1.54) is 29.9 Å². The molecule has 0 fully saturated rings. The molecule has 26 heavy (non-hydrogen) atoms. The van der Waals surface area contributed by atoms with Crippen LogP contribution >= 0.6 is 0 Å². The first-order valence-corrected chi connectivity index (χ1v) is 7.81. The number of benzene rings is 2. The van der Waals surface area contributed by atoms with Crippen molar-refractivity contribution in [2.24, 2.45) is 0 Å². The molecule has 3 aromatic rings. The molecule has 0 aliphatic carbocycles. The van der Waals surface area contributed by atoms with E-state index in [1.807, 2.05) is 0 Å². The lowest BCUT2D eigenvalue weighted by molar-refractivity contribution is 0.0945. The van der Waals surface area contributed by atoms with Gasteiger partial charge < -0.3 is 5.32 Å². The highest BCUT2D eigenvalue weighted by atomic mass is 19.1. The number of amides is 1. The van der Waals surface area contributed by atoms with Crippen LogP contribution in [0.3, 0.4) is 0 Å². The quantitative estimate of drug-likeness (QED) is 0.761. The van der Waals surface area contributed by atoms with Crippen LogP contribution in [0.4, 0.5) is 13.2 Å². The van der Waals surface area contributed by atoms with Gasteiger partial charge in [-0.25, -0.2) is 17.9 Å². The summed E-state index contributed by atoms with van der Waals surface area (Å²) < 4.78 is 42.6. The first-order valence-electron chi connectivity index (χ1n) is 7.81. The maximum atomic E-state index is 13.9. The van der Waals surface area contributed by atoms with Crippen LogP contribution in [0.15, 0.2) is 42.6 Å². The fourth-order valence-corrected chi connectivity index (χ4v) is 2.42. The van der Waals surface area contributed by atoms with Crippen molar-refractivity contribution < 1.29 is 18.0 Å². The Morgan fingerprint density at radius 2 is 1.88 bits per heavy atom.